The van der Waals surface area contributed by atoms with Gasteiger partial charge in [0, 0.05) is 12.6 Å². The number of hydrogen-bond acceptors (Lipinski definition) is 4. The molecule has 1 unspecified atom stereocenters. The Morgan fingerprint density at radius 1 is 1.31 bits per heavy atom. The predicted octanol–water partition coefficient (Wildman–Crippen LogP) is 0.869. The average Bonchev–Trinajstić information content (AvgIpc) is 2.12. The fraction of sp³-hybridized carbons (Fsp3) is 1.00. The molecule has 0 rings (SSSR count). The van der Waals surface area contributed by atoms with E-state index in [1.54, 1.807) is 20.8 Å². The molecule has 0 amide bonds. The average molecular weight is 250 g/mol. The van der Waals surface area contributed by atoms with Crippen LogP contribution in [0.2, 0.25) is 0 Å². The van der Waals surface area contributed by atoms with Gasteiger partial charge < -0.3 is 10.6 Å². The first-order valence-electron chi connectivity index (χ1n) is 5.74. The maximum atomic E-state index is 11.9. The minimum absolute atomic E-state index is 0.210. The van der Waals surface area contributed by atoms with Crippen molar-refractivity contribution in [2.75, 3.05) is 25.9 Å². The van der Waals surface area contributed by atoms with Crippen molar-refractivity contribution in [3.05, 3.63) is 0 Å². The maximum absolute atomic E-state index is 11.9. The Labute approximate surface area is 100 Å². The lowest BCUT2D eigenvalue weighted by Crippen LogP contribution is -2.39. The van der Waals surface area contributed by atoms with Crippen molar-refractivity contribution in [3.8, 4) is 0 Å². The Morgan fingerprint density at radius 2 is 1.81 bits per heavy atom. The lowest BCUT2D eigenvalue weighted by Gasteiger charge is -2.26. The summed E-state index contributed by atoms with van der Waals surface area (Å²) in [7, 11) is -1.07. The molecule has 0 aliphatic carbocycles. The van der Waals surface area contributed by atoms with Gasteiger partial charge in [-0.2, -0.15) is 0 Å². The highest BCUT2D eigenvalue weighted by Crippen LogP contribution is 2.16. The number of nitrogens with two attached hydrogens (primary N) is 1. The van der Waals surface area contributed by atoms with Crippen molar-refractivity contribution in [3.63, 3.8) is 0 Å². The third-order valence-corrected chi connectivity index (χ3v) is 5.57. The van der Waals surface area contributed by atoms with Gasteiger partial charge in [-0.25, -0.2) is 8.42 Å². The van der Waals surface area contributed by atoms with E-state index < -0.39 is 14.6 Å². The number of nitrogens with zero attached hydrogens (tertiary/aromatic N) is 1. The van der Waals surface area contributed by atoms with Gasteiger partial charge in [-0.1, -0.05) is 0 Å². The van der Waals surface area contributed by atoms with E-state index in [1.807, 2.05) is 7.05 Å². The minimum Gasteiger partial charge on any atom is -0.330 e. The molecule has 0 saturated carbocycles. The predicted molar refractivity (Wildman–Crippen MR) is 69.3 cm³/mol. The zero-order chi connectivity index (χ0) is 13.0. The summed E-state index contributed by atoms with van der Waals surface area (Å²) in [6.07, 6.45) is 0.895. The first-order chi connectivity index (χ1) is 7.12. The van der Waals surface area contributed by atoms with Crippen molar-refractivity contribution in [2.45, 2.75) is 44.9 Å². The zero-order valence-electron chi connectivity index (χ0n) is 11.2. The van der Waals surface area contributed by atoms with E-state index in [9.17, 15) is 8.42 Å². The van der Waals surface area contributed by atoms with E-state index in [2.05, 4.69) is 11.8 Å². The summed E-state index contributed by atoms with van der Waals surface area (Å²) in [5.41, 5.74) is 5.47. The van der Waals surface area contributed by atoms with Crippen LogP contribution in [0.25, 0.3) is 0 Å². The van der Waals surface area contributed by atoms with Gasteiger partial charge in [0.1, 0.15) is 0 Å². The molecule has 0 aliphatic rings. The van der Waals surface area contributed by atoms with Crippen LogP contribution in [0.4, 0.5) is 0 Å². The molecule has 0 aromatic heterocycles. The van der Waals surface area contributed by atoms with Crippen LogP contribution in [-0.4, -0.2) is 50.0 Å². The zero-order valence-corrected chi connectivity index (χ0v) is 12.0. The van der Waals surface area contributed by atoms with E-state index in [-0.39, 0.29) is 5.75 Å². The molecule has 0 aromatic carbocycles. The lowest BCUT2D eigenvalue weighted by atomic mass is 10.2. The molecule has 0 radical (unpaired) electrons. The van der Waals surface area contributed by atoms with Gasteiger partial charge in [0.05, 0.1) is 10.5 Å². The molecule has 2 N–H and O–H groups in total. The van der Waals surface area contributed by atoms with Crippen molar-refractivity contribution < 1.29 is 8.42 Å². The summed E-state index contributed by atoms with van der Waals surface area (Å²) >= 11 is 0. The molecule has 4 nitrogen and oxygen atoms in total. The minimum atomic E-state index is -3.01. The number of rotatable bonds is 6. The van der Waals surface area contributed by atoms with Crippen molar-refractivity contribution in [1.82, 2.24) is 4.90 Å². The van der Waals surface area contributed by atoms with Crippen LogP contribution < -0.4 is 5.73 Å². The topological polar surface area (TPSA) is 63.4 Å². The van der Waals surface area contributed by atoms with Crippen LogP contribution in [0.5, 0.6) is 0 Å². The summed E-state index contributed by atoms with van der Waals surface area (Å²) < 4.78 is 23.1. The number of sulfone groups is 1. The van der Waals surface area contributed by atoms with Gasteiger partial charge in [0.15, 0.2) is 9.84 Å². The van der Waals surface area contributed by atoms with Crippen LogP contribution >= 0.6 is 0 Å². The summed E-state index contributed by atoms with van der Waals surface area (Å²) in [6, 6.07) is 0.333. The Hall–Kier alpha value is -0.130. The fourth-order valence-electron chi connectivity index (χ4n) is 1.25. The molecule has 1 atom stereocenters. The van der Waals surface area contributed by atoms with Crippen LogP contribution in [0.1, 0.15) is 34.1 Å². The van der Waals surface area contributed by atoms with Gasteiger partial charge in [0.25, 0.3) is 0 Å². The Bertz CT molecular complexity index is 294. The van der Waals surface area contributed by atoms with E-state index in [0.717, 1.165) is 6.42 Å². The van der Waals surface area contributed by atoms with Crippen LogP contribution in [0.15, 0.2) is 0 Å². The molecule has 98 valence electrons. The molecule has 5 heteroatoms. The molecule has 0 bridgehead atoms. The highest BCUT2D eigenvalue weighted by Gasteiger charge is 2.28. The second-order valence-corrected chi connectivity index (χ2v) is 8.20. The molecular formula is C11H26N2O2S. The van der Waals surface area contributed by atoms with E-state index in [0.29, 0.717) is 19.1 Å². The summed E-state index contributed by atoms with van der Waals surface area (Å²) in [5, 5.41) is 0. The molecule has 0 fully saturated rings. The Morgan fingerprint density at radius 3 is 2.19 bits per heavy atom. The quantitative estimate of drug-likeness (QED) is 0.760. The van der Waals surface area contributed by atoms with E-state index in [1.165, 1.54) is 0 Å². The third kappa shape index (κ3) is 4.80. The van der Waals surface area contributed by atoms with Gasteiger partial charge >= 0.3 is 0 Å². The molecule has 0 heterocycles. The molecule has 0 spiro atoms. The summed E-state index contributed by atoms with van der Waals surface area (Å²) in [5.74, 6) is 0.210. The van der Waals surface area contributed by atoms with Crippen LogP contribution in [-0.2, 0) is 9.84 Å². The van der Waals surface area contributed by atoms with Gasteiger partial charge in [-0.15, -0.1) is 0 Å². The standard InChI is InChI=1S/C11H26N2O2S/c1-10(6-7-12)13(5)8-9-16(14,15)11(2,3)4/h10H,6-9,12H2,1-5H3. The second-order valence-electron chi connectivity index (χ2n) is 5.34. The Balaban J connectivity index is 4.26. The largest absolute Gasteiger partial charge is 0.330 e. The SMILES string of the molecule is CC(CCN)N(C)CCS(=O)(=O)C(C)(C)C. The van der Waals surface area contributed by atoms with Crippen molar-refractivity contribution >= 4 is 9.84 Å². The second kappa shape index (κ2) is 5.98. The van der Waals surface area contributed by atoms with E-state index >= 15 is 0 Å². The smallest absolute Gasteiger partial charge is 0.156 e. The van der Waals surface area contributed by atoms with Crippen LogP contribution in [0, 0.1) is 0 Å². The first-order valence-corrected chi connectivity index (χ1v) is 7.39. The van der Waals surface area contributed by atoms with Crippen LogP contribution in [0.3, 0.4) is 0 Å². The molecule has 0 aliphatic heterocycles. The lowest BCUT2D eigenvalue weighted by molar-refractivity contribution is 0.262. The Kier molecular flexibility index (Phi) is 5.93. The summed E-state index contributed by atoms with van der Waals surface area (Å²) in [6.45, 7) is 8.50. The first kappa shape index (κ1) is 15.9. The fourth-order valence-corrected chi connectivity index (χ4v) is 2.39. The van der Waals surface area contributed by atoms with E-state index in [4.69, 9.17) is 5.73 Å². The third-order valence-electron chi connectivity index (χ3n) is 2.98. The highest BCUT2D eigenvalue weighted by atomic mass is 32.2. The summed E-state index contributed by atoms with van der Waals surface area (Å²) in [4.78, 5) is 2.05. The molecule has 0 aromatic rings. The monoisotopic (exact) mass is 250 g/mol. The molecule has 16 heavy (non-hydrogen) atoms. The van der Waals surface area contributed by atoms with Gasteiger partial charge in [-0.3, -0.25) is 0 Å². The van der Waals surface area contributed by atoms with Gasteiger partial charge in [-0.05, 0) is 47.7 Å². The molecule has 0 saturated heterocycles. The van der Waals surface area contributed by atoms with Crippen molar-refractivity contribution in [2.24, 2.45) is 5.73 Å². The normalized spacial score (nSPS) is 15.4. The van der Waals surface area contributed by atoms with Crippen molar-refractivity contribution in [1.29, 1.82) is 0 Å². The van der Waals surface area contributed by atoms with Gasteiger partial charge in [0.2, 0.25) is 0 Å². The maximum Gasteiger partial charge on any atom is 0.156 e. The molecular weight excluding hydrogens is 224 g/mol. The highest BCUT2D eigenvalue weighted by molar-refractivity contribution is 7.92. The number of hydrogen-bond donors (Lipinski definition) is 1.